The fourth-order valence-electron chi connectivity index (χ4n) is 4.02. The maximum atomic E-state index is 12.9. The number of hydrogen-bond donors (Lipinski definition) is 2. The number of amides is 2. The van der Waals surface area contributed by atoms with Crippen LogP contribution in [0.15, 0.2) is 71.9 Å². The zero-order valence-corrected chi connectivity index (χ0v) is 22.2. The summed E-state index contributed by atoms with van der Waals surface area (Å²) in [6, 6.07) is 20.5. The summed E-state index contributed by atoms with van der Waals surface area (Å²) in [5, 5.41) is 17.6. The summed E-state index contributed by atoms with van der Waals surface area (Å²) in [5.74, 6) is 1.29. The van der Waals surface area contributed by atoms with Crippen LogP contribution in [0.2, 0.25) is 0 Å². The van der Waals surface area contributed by atoms with Crippen LogP contribution in [0.25, 0.3) is 10.8 Å². The number of anilines is 1. The number of carbonyl (C=O) groups is 2. The van der Waals surface area contributed by atoms with Gasteiger partial charge < -0.3 is 19.9 Å². The van der Waals surface area contributed by atoms with Crippen molar-refractivity contribution in [2.45, 2.75) is 38.5 Å². The van der Waals surface area contributed by atoms with Crippen LogP contribution in [0.4, 0.5) is 5.69 Å². The van der Waals surface area contributed by atoms with E-state index in [2.05, 4.69) is 20.8 Å². The number of methoxy groups -OCH3 is 1. The molecule has 1 atom stereocenters. The van der Waals surface area contributed by atoms with Crippen LogP contribution in [0.1, 0.15) is 43.0 Å². The van der Waals surface area contributed by atoms with Gasteiger partial charge in [-0.05, 0) is 60.0 Å². The van der Waals surface area contributed by atoms with Gasteiger partial charge in [-0.1, -0.05) is 55.9 Å². The van der Waals surface area contributed by atoms with Gasteiger partial charge in [0.05, 0.1) is 18.9 Å². The van der Waals surface area contributed by atoms with E-state index in [0.29, 0.717) is 28.8 Å². The van der Waals surface area contributed by atoms with E-state index < -0.39 is 0 Å². The average Bonchev–Trinajstić information content (AvgIpc) is 3.32. The van der Waals surface area contributed by atoms with Crippen molar-refractivity contribution in [2.75, 3.05) is 18.2 Å². The largest absolute Gasteiger partial charge is 0.497 e. The van der Waals surface area contributed by atoms with E-state index in [1.807, 2.05) is 67.8 Å². The summed E-state index contributed by atoms with van der Waals surface area (Å²) in [7, 11) is 1.59. The van der Waals surface area contributed by atoms with Gasteiger partial charge in [-0.15, -0.1) is 10.2 Å². The minimum Gasteiger partial charge on any atom is -0.497 e. The lowest BCUT2D eigenvalue weighted by atomic mass is 10.0. The number of carbonyl (C=O) groups excluding carboxylic acids is 2. The lowest BCUT2D eigenvalue weighted by Crippen LogP contribution is -2.33. The molecule has 0 bridgehead atoms. The first-order valence-corrected chi connectivity index (χ1v) is 13.2. The number of rotatable bonds is 10. The third-order valence-electron chi connectivity index (χ3n) is 6.01. The summed E-state index contributed by atoms with van der Waals surface area (Å²) in [4.78, 5) is 25.6. The minimum absolute atomic E-state index is 0.0748. The molecule has 3 aromatic carbocycles. The fourth-order valence-corrected chi connectivity index (χ4v) is 4.83. The molecule has 0 aliphatic heterocycles. The first-order valence-electron chi connectivity index (χ1n) is 12.2. The average molecular weight is 518 g/mol. The Labute approximate surface area is 220 Å². The Kier molecular flexibility index (Phi) is 8.45. The molecule has 0 saturated heterocycles. The van der Waals surface area contributed by atoms with Crippen LogP contribution in [0.5, 0.6) is 5.75 Å². The molecule has 0 unspecified atom stereocenters. The summed E-state index contributed by atoms with van der Waals surface area (Å²) in [6.45, 7) is 6.66. The number of nitrogens with one attached hydrogen (secondary N) is 2. The van der Waals surface area contributed by atoms with Crippen LogP contribution in [0, 0.1) is 5.92 Å². The van der Waals surface area contributed by atoms with Crippen LogP contribution in [-0.4, -0.2) is 39.4 Å². The first-order chi connectivity index (χ1) is 17.9. The van der Waals surface area contributed by atoms with Gasteiger partial charge in [-0.3, -0.25) is 9.59 Å². The van der Waals surface area contributed by atoms with Crippen molar-refractivity contribution in [1.82, 2.24) is 20.1 Å². The molecular formula is C28H31N5O3S. The van der Waals surface area contributed by atoms with Crippen molar-refractivity contribution < 1.29 is 14.3 Å². The molecule has 0 spiro atoms. The Balaban J connectivity index is 1.43. The number of fused-ring (bicyclic) bond motifs is 1. The lowest BCUT2D eigenvalue weighted by molar-refractivity contribution is -0.113. The van der Waals surface area contributed by atoms with Gasteiger partial charge in [-0.2, -0.15) is 0 Å². The van der Waals surface area contributed by atoms with Crippen LogP contribution >= 0.6 is 11.8 Å². The normalized spacial score (nSPS) is 11.9. The van der Waals surface area contributed by atoms with E-state index in [1.54, 1.807) is 31.4 Å². The molecule has 8 nitrogen and oxygen atoms in total. The second kappa shape index (κ2) is 11.9. The van der Waals surface area contributed by atoms with Crippen LogP contribution in [0.3, 0.4) is 0 Å². The SMILES string of the molecule is CCn1c(SCC(=O)Nc2ccc3ccccc3c2)nnc1[C@@H](NC(=O)c1ccc(OC)cc1)C(C)C. The van der Waals surface area contributed by atoms with Crippen LogP contribution in [-0.2, 0) is 11.3 Å². The zero-order chi connectivity index (χ0) is 26.4. The van der Waals surface area contributed by atoms with Gasteiger partial charge in [0.15, 0.2) is 11.0 Å². The summed E-state index contributed by atoms with van der Waals surface area (Å²) in [6.07, 6.45) is 0. The number of ether oxygens (including phenoxy) is 1. The summed E-state index contributed by atoms with van der Waals surface area (Å²) < 4.78 is 7.13. The van der Waals surface area contributed by atoms with Crippen molar-refractivity contribution in [1.29, 1.82) is 0 Å². The Morgan fingerprint density at radius 1 is 1.00 bits per heavy atom. The van der Waals surface area contributed by atoms with E-state index in [9.17, 15) is 9.59 Å². The van der Waals surface area contributed by atoms with Gasteiger partial charge in [0.25, 0.3) is 5.91 Å². The molecule has 1 heterocycles. The first kappa shape index (κ1) is 26.2. The molecule has 0 aliphatic rings. The third-order valence-corrected chi connectivity index (χ3v) is 6.98. The Morgan fingerprint density at radius 2 is 1.73 bits per heavy atom. The van der Waals surface area contributed by atoms with Gasteiger partial charge in [0.2, 0.25) is 5.91 Å². The standard InChI is InChI=1S/C28H31N5O3S/c1-5-33-26(25(18(2)3)30-27(35)20-11-14-23(36-4)15-12-20)31-32-28(33)37-17-24(34)29-22-13-10-19-8-6-7-9-21(19)16-22/h6-16,18,25H,5,17H2,1-4H3,(H,29,34)(H,30,35)/t25-/m0/s1. The smallest absolute Gasteiger partial charge is 0.251 e. The van der Waals surface area contributed by atoms with Crippen molar-refractivity contribution in [3.63, 3.8) is 0 Å². The molecule has 0 aliphatic carbocycles. The maximum absolute atomic E-state index is 12.9. The molecule has 4 rings (SSSR count). The highest BCUT2D eigenvalue weighted by Crippen LogP contribution is 2.26. The Hall–Kier alpha value is -3.85. The molecule has 2 amide bonds. The second-order valence-electron chi connectivity index (χ2n) is 8.91. The predicted octanol–water partition coefficient (Wildman–Crippen LogP) is 5.32. The molecule has 0 saturated carbocycles. The highest BCUT2D eigenvalue weighted by molar-refractivity contribution is 7.99. The van der Waals surface area contributed by atoms with Crippen molar-refractivity contribution in [3.8, 4) is 5.75 Å². The molecule has 0 radical (unpaired) electrons. The number of thioether (sulfide) groups is 1. The van der Waals surface area contributed by atoms with E-state index >= 15 is 0 Å². The fraction of sp³-hybridized carbons (Fsp3) is 0.286. The number of benzene rings is 3. The maximum Gasteiger partial charge on any atom is 0.251 e. The van der Waals surface area contributed by atoms with Crippen LogP contribution < -0.4 is 15.4 Å². The zero-order valence-electron chi connectivity index (χ0n) is 21.4. The van der Waals surface area contributed by atoms with Gasteiger partial charge in [0, 0.05) is 17.8 Å². The van der Waals surface area contributed by atoms with Crippen molar-refractivity contribution in [3.05, 3.63) is 78.1 Å². The molecular weight excluding hydrogens is 486 g/mol. The van der Waals surface area contributed by atoms with Crippen molar-refractivity contribution >= 4 is 40.0 Å². The van der Waals surface area contributed by atoms with E-state index in [1.165, 1.54) is 11.8 Å². The minimum atomic E-state index is -0.345. The Bertz CT molecular complexity index is 1380. The number of hydrogen-bond acceptors (Lipinski definition) is 6. The highest BCUT2D eigenvalue weighted by Gasteiger charge is 2.26. The Morgan fingerprint density at radius 3 is 2.41 bits per heavy atom. The molecule has 2 N–H and O–H groups in total. The molecule has 37 heavy (non-hydrogen) atoms. The van der Waals surface area contributed by atoms with Gasteiger partial charge in [0.1, 0.15) is 5.75 Å². The number of aromatic nitrogens is 3. The lowest BCUT2D eigenvalue weighted by Gasteiger charge is -2.22. The van der Waals surface area contributed by atoms with E-state index in [0.717, 1.165) is 16.5 Å². The molecule has 1 aromatic heterocycles. The molecule has 192 valence electrons. The summed E-state index contributed by atoms with van der Waals surface area (Å²) >= 11 is 1.32. The highest BCUT2D eigenvalue weighted by atomic mass is 32.2. The van der Waals surface area contributed by atoms with Gasteiger partial charge in [-0.25, -0.2) is 0 Å². The van der Waals surface area contributed by atoms with E-state index in [4.69, 9.17) is 4.74 Å². The number of nitrogens with zero attached hydrogens (tertiary/aromatic N) is 3. The third kappa shape index (κ3) is 6.29. The van der Waals surface area contributed by atoms with E-state index in [-0.39, 0.29) is 29.5 Å². The quantitative estimate of drug-likeness (QED) is 0.276. The second-order valence-corrected chi connectivity index (χ2v) is 9.85. The molecule has 9 heteroatoms. The van der Waals surface area contributed by atoms with Gasteiger partial charge >= 0.3 is 0 Å². The monoisotopic (exact) mass is 517 g/mol. The van der Waals surface area contributed by atoms with Crippen molar-refractivity contribution in [2.24, 2.45) is 5.92 Å². The predicted molar refractivity (Wildman–Crippen MR) is 147 cm³/mol. The topological polar surface area (TPSA) is 98.1 Å². The molecule has 4 aromatic rings. The summed E-state index contributed by atoms with van der Waals surface area (Å²) in [5.41, 5.74) is 1.29. The molecule has 0 fully saturated rings.